The van der Waals surface area contributed by atoms with Gasteiger partial charge in [0.15, 0.2) is 0 Å². The van der Waals surface area contributed by atoms with Gasteiger partial charge in [-0.1, -0.05) is 60.2 Å². The number of benzene rings is 2. The summed E-state index contributed by atoms with van der Waals surface area (Å²) in [4.78, 5) is 17.1. The molecule has 4 rings (SSSR count). The third kappa shape index (κ3) is 2.94. The zero-order valence-corrected chi connectivity index (χ0v) is 13.9. The number of pyridine rings is 1. The van der Waals surface area contributed by atoms with Gasteiger partial charge in [-0.2, -0.15) is 5.10 Å². The molecule has 0 aliphatic rings. The summed E-state index contributed by atoms with van der Waals surface area (Å²) in [6, 6.07) is 21.7. The molecule has 0 fully saturated rings. The summed E-state index contributed by atoms with van der Waals surface area (Å²) in [5.41, 5.74) is 4.24. The molecule has 0 bridgehead atoms. The molecule has 4 nitrogen and oxygen atoms in total. The Bertz CT molecular complexity index is 1080. The summed E-state index contributed by atoms with van der Waals surface area (Å²) in [6.07, 6.45) is 1.65. The third-order valence-electron chi connectivity index (χ3n) is 4.22. The quantitative estimate of drug-likeness (QED) is 0.575. The van der Waals surface area contributed by atoms with E-state index in [2.05, 4.69) is 10.1 Å². The van der Waals surface area contributed by atoms with Gasteiger partial charge in [-0.15, -0.1) is 0 Å². The Labute approximate surface area is 145 Å². The van der Waals surface area contributed by atoms with E-state index in [1.54, 1.807) is 6.20 Å². The first-order valence-electron chi connectivity index (χ1n) is 8.19. The average Bonchev–Trinajstić information content (AvgIpc) is 2.66. The third-order valence-corrected chi connectivity index (χ3v) is 4.22. The number of hydrogen-bond donors (Lipinski definition) is 0. The summed E-state index contributed by atoms with van der Waals surface area (Å²) in [6.45, 7) is 2.47. The standard InChI is InChI=1S/C21H17N3O/c1-15-9-11-17(12-10-15)19-18-8-5-13-22-20(18)21(25)24(23-19)14-16-6-3-2-4-7-16/h2-13H,14H2,1H3. The van der Waals surface area contributed by atoms with Gasteiger partial charge in [0, 0.05) is 17.1 Å². The van der Waals surface area contributed by atoms with Crippen LogP contribution in [0.1, 0.15) is 11.1 Å². The van der Waals surface area contributed by atoms with Gasteiger partial charge in [0.25, 0.3) is 5.56 Å². The van der Waals surface area contributed by atoms with Crippen molar-refractivity contribution in [3.63, 3.8) is 0 Å². The van der Waals surface area contributed by atoms with Crippen molar-refractivity contribution in [1.82, 2.24) is 14.8 Å². The number of aryl methyl sites for hydroxylation is 1. The number of hydrogen-bond acceptors (Lipinski definition) is 3. The Hall–Kier alpha value is -3.27. The minimum absolute atomic E-state index is 0.171. The van der Waals surface area contributed by atoms with Crippen molar-refractivity contribution in [3.8, 4) is 11.3 Å². The van der Waals surface area contributed by atoms with Crippen molar-refractivity contribution in [2.24, 2.45) is 0 Å². The minimum atomic E-state index is -0.171. The predicted molar refractivity (Wildman–Crippen MR) is 99.5 cm³/mol. The molecule has 0 N–H and O–H groups in total. The Balaban J connectivity index is 1.94. The molecule has 0 saturated heterocycles. The second kappa shape index (κ2) is 6.32. The summed E-state index contributed by atoms with van der Waals surface area (Å²) in [5.74, 6) is 0. The van der Waals surface area contributed by atoms with E-state index in [9.17, 15) is 4.79 Å². The number of aromatic nitrogens is 3. The summed E-state index contributed by atoms with van der Waals surface area (Å²) < 4.78 is 1.50. The van der Waals surface area contributed by atoms with E-state index in [1.807, 2.05) is 73.7 Å². The highest BCUT2D eigenvalue weighted by Gasteiger charge is 2.13. The Morgan fingerprint density at radius 3 is 2.44 bits per heavy atom. The molecule has 122 valence electrons. The van der Waals surface area contributed by atoms with Crippen molar-refractivity contribution in [3.05, 3.63) is 94.4 Å². The van der Waals surface area contributed by atoms with E-state index >= 15 is 0 Å². The highest BCUT2D eigenvalue weighted by Crippen LogP contribution is 2.24. The molecule has 0 unspecified atom stereocenters. The zero-order valence-electron chi connectivity index (χ0n) is 13.9. The van der Waals surface area contributed by atoms with Gasteiger partial charge >= 0.3 is 0 Å². The Morgan fingerprint density at radius 1 is 0.920 bits per heavy atom. The Morgan fingerprint density at radius 2 is 1.68 bits per heavy atom. The van der Waals surface area contributed by atoms with Crippen LogP contribution in [-0.4, -0.2) is 14.8 Å². The molecule has 0 saturated carbocycles. The second-order valence-electron chi connectivity index (χ2n) is 6.06. The van der Waals surface area contributed by atoms with Crippen LogP contribution in [0.25, 0.3) is 22.2 Å². The van der Waals surface area contributed by atoms with Gasteiger partial charge in [0.05, 0.1) is 6.54 Å². The van der Waals surface area contributed by atoms with E-state index in [0.29, 0.717) is 12.1 Å². The fourth-order valence-electron chi connectivity index (χ4n) is 2.90. The number of rotatable bonds is 3. The van der Waals surface area contributed by atoms with Crippen LogP contribution in [0.15, 0.2) is 77.7 Å². The summed E-state index contributed by atoms with van der Waals surface area (Å²) in [5, 5.41) is 5.44. The monoisotopic (exact) mass is 327 g/mol. The van der Waals surface area contributed by atoms with Gasteiger partial charge in [0.1, 0.15) is 11.2 Å². The number of nitrogens with zero attached hydrogens (tertiary/aromatic N) is 3. The first-order chi connectivity index (χ1) is 12.2. The van der Waals surface area contributed by atoms with E-state index < -0.39 is 0 Å². The maximum Gasteiger partial charge on any atom is 0.293 e. The lowest BCUT2D eigenvalue weighted by atomic mass is 10.1. The van der Waals surface area contributed by atoms with E-state index in [4.69, 9.17) is 0 Å². The molecule has 0 aliphatic heterocycles. The van der Waals surface area contributed by atoms with Gasteiger partial charge in [-0.25, -0.2) is 4.68 Å². The van der Waals surface area contributed by atoms with Crippen molar-refractivity contribution >= 4 is 10.9 Å². The maximum atomic E-state index is 12.8. The van der Waals surface area contributed by atoms with Crippen LogP contribution in [0.2, 0.25) is 0 Å². The lowest BCUT2D eigenvalue weighted by molar-refractivity contribution is 0.649. The maximum absolute atomic E-state index is 12.8. The largest absolute Gasteiger partial charge is 0.293 e. The molecule has 0 spiro atoms. The molecule has 4 heteroatoms. The molecular formula is C21H17N3O. The second-order valence-corrected chi connectivity index (χ2v) is 6.06. The van der Waals surface area contributed by atoms with E-state index in [0.717, 1.165) is 22.2 Å². The van der Waals surface area contributed by atoms with Crippen LogP contribution in [-0.2, 0) is 6.54 Å². The fourth-order valence-corrected chi connectivity index (χ4v) is 2.90. The molecule has 0 amide bonds. The Kier molecular flexibility index (Phi) is 3.86. The SMILES string of the molecule is Cc1ccc(-c2nn(Cc3ccccc3)c(=O)c3ncccc23)cc1. The van der Waals surface area contributed by atoms with Crippen LogP contribution in [0.5, 0.6) is 0 Å². The lowest BCUT2D eigenvalue weighted by Gasteiger charge is -2.11. The summed E-state index contributed by atoms with van der Waals surface area (Å²) in [7, 11) is 0. The fraction of sp³-hybridized carbons (Fsp3) is 0.0952. The van der Waals surface area contributed by atoms with E-state index in [-0.39, 0.29) is 5.56 Å². The smallest absolute Gasteiger partial charge is 0.265 e. The summed E-state index contributed by atoms with van der Waals surface area (Å²) >= 11 is 0. The molecule has 0 radical (unpaired) electrons. The average molecular weight is 327 g/mol. The van der Waals surface area contributed by atoms with Crippen molar-refractivity contribution in [1.29, 1.82) is 0 Å². The molecule has 25 heavy (non-hydrogen) atoms. The first-order valence-corrected chi connectivity index (χ1v) is 8.19. The van der Waals surface area contributed by atoms with Crippen LogP contribution >= 0.6 is 0 Å². The normalized spacial score (nSPS) is 10.9. The van der Waals surface area contributed by atoms with Gasteiger partial charge in [-0.05, 0) is 24.6 Å². The number of fused-ring (bicyclic) bond motifs is 1. The van der Waals surface area contributed by atoms with E-state index in [1.165, 1.54) is 10.2 Å². The predicted octanol–water partition coefficient (Wildman–Crippen LogP) is 3.82. The minimum Gasteiger partial charge on any atom is -0.265 e. The lowest BCUT2D eigenvalue weighted by Crippen LogP contribution is -2.25. The van der Waals surface area contributed by atoms with Gasteiger partial charge < -0.3 is 0 Å². The van der Waals surface area contributed by atoms with Crippen molar-refractivity contribution < 1.29 is 0 Å². The molecule has 2 heterocycles. The van der Waals surface area contributed by atoms with Gasteiger partial charge in [-0.3, -0.25) is 9.78 Å². The van der Waals surface area contributed by atoms with Crippen molar-refractivity contribution in [2.45, 2.75) is 13.5 Å². The van der Waals surface area contributed by atoms with Crippen molar-refractivity contribution in [2.75, 3.05) is 0 Å². The topological polar surface area (TPSA) is 47.8 Å². The molecular weight excluding hydrogens is 310 g/mol. The molecule has 4 aromatic rings. The van der Waals surface area contributed by atoms with Crippen LogP contribution in [0.3, 0.4) is 0 Å². The van der Waals surface area contributed by atoms with Crippen LogP contribution < -0.4 is 5.56 Å². The van der Waals surface area contributed by atoms with Crippen LogP contribution in [0, 0.1) is 6.92 Å². The molecule has 0 atom stereocenters. The zero-order chi connectivity index (χ0) is 17.2. The molecule has 2 aromatic carbocycles. The highest BCUT2D eigenvalue weighted by atomic mass is 16.1. The van der Waals surface area contributed by atoms with Gasteiger partial charge in [0.2, 0.25) is 0 Å². The first kappa shape index (κ1) is 15.3. The highest BCUT2D eigenvalue weighted by molar-refractivity contribution is 5.91. The molecule has 2 aromatic heterocycles. The van der Waals surface area contributed by atoms with Crippen LogP contribution in [0.4, 0.5) is 0 Å². The molecule has 0 aliphatic carbocycles.